The number of esters is 1. The summed E-state index contributed by atoms with van der Waals surface area (Å²) in [6.07, 6.45) is 13.1. The number of rotatable bonds is 12. The molecule has 0 aliphatic rings. The number of hydrogen-bond acceptors (Lipinski definition) is 4. The van der Waals surface area contributed by atoms with Gasteiger partial charge in [-0.05, 0) is 6.42 Å². The van der Waals surface area contributed by atoms with Crippen LogP contribution < -0.4 is 5.73 Å². The Morgan fingerprint density at radius 1 is 0.905 bits per heavy atom. The number of ether oxygens (including phenoxy) is 1. The highest BCUT2D eigenvalue weighted by Gasteiger charge is 1.94. The smallest absolute Gasteiger partial charge is 0.317 e. The van der Waals surface area contributed by atoms with Crippen LogP contribution in [0, 0.1) is 0 Å². The Balaban J connectivity index is 0. The highest BCUT2D eigenvalue weighted by molar-refractivity contribution is 5.68. The minimum absolute atomic E-state index is 0.157. The van der Waals surface area contributed by atoms with Crippen molar-refractivity contribution in [1.82, 2.24) is 0 Å². The van der Waals surface area contributed by atoms with Gasteiger partial charge in [-0.3, -0.25) is 9.59 Å². The normalized spacial score (nSPS) is 9.67. The summed E-state index contributed by atoms with van der Waals surface area (Å²) in [5.41, 5.74) is 4.57. The maximum absolute atomic E-state index is 10.5. The van der Waals surface area contributed by atoms with E-state index in [4.69, 9.17) is 9.84 Å². The van der Waals surface area contributed by atoms with Crippen molar-refractivity contribution in [3.63, 3.8) is 0 Å². The zero-order chi connectivity index (χ0) is 16.3. The number of nitrogens with two attached hydrogens (primary N) is 1. The third-order valence-electron chi connectivity index (χ3n) is 2.98. The highest BCUT2D eigenvalue weighted by Crippen LogP contribution is 2.10. The quantitative estimate of drug-likeness (QED) is 0.425. The zero-order valence-electron chi connectivity index (χ0n) is 13.7. The molecule has 0 radical (unpaired) electrons. The summed E-state index contributed by atoms with van der Waals surface area (Å²) in [4.78, 5) is 19.7. The summed E-state index contributed by atoms with van der Waals surface area (Å²) in [5.74, 6) is -1.12. The van der Waals surface area contributed by atoms with Crippen molar-refractivity contribution in [3.8, 4) is 0 Å². The number of carbonyl (C=O) groups excluding carboxylic acids is 1. The van der Waals surface area contributed by atoms with E-state index in [0.717, 1.165) is 6.42 Å². The molecule has 0 atom stereocenters. The van der Waals surface area contributed by atoms with Crippen LogP contribution in [0.5, 0.6) is 0 Å². The molecule has 0 rings (SSSR count). The first kappa shape index (κ1) is 22.2. The molecule has 5 heteroatoms. The van der Waals surface area contributed by atoms with Gasteiger partial charge in [-0.25, -0.2) is 0 Å². The van der Waals surface area contributed by atoms with Gasteiger partial charge in [-0.2, -0.15) is 0 Å². The van der Waals surface area contributed by atoms with Crippen LogP contribution in [0.15, 0.2) is 0 Å². The van der Waals surface area contributed by atoms with Crippen molar-refractivity contribution in [2.45, 2.75) is 78.1 Å². The van der Waals surface area contributed by atoms with E-state index in [-0.39, 0.29) is 12.5 Å². The minimum Gasteiger partial charge on any atom is -0.480 e. The minimum atomic E-state index is -0.968. The molecule has 0 aromatic heterocycles. The van der Waals surface area contributed by atoms with Crippen molar-refractivity contribution in [3.05, 3.63) is 0 Å². The van der Waals surface area contributed by atoms with Gasteiger partial charge in [0.25, 0.3) is 0 Å². The first-order chi connectivity index (χ1) is 10.0. The van der Waals surface area contributed by atoms with Gasteiger partial charge in [0, 0.05) is 6.92 Å². The van der Waals surface area contributed by atoms with Gasteiger partial charge in [0.2, 0.25) is 0 Å². The molecule has 0 bridgehead atoms. The van der Waals surface area contributed by atoms with Crippen LogP contribution in [0.2, 0.25) is 0 Å². The van der Waals surface area contributed by atoms with Crippen LogP contribution in [-0.4, -0.2) is 30.2 Å². The van der Waals surface area contributed by atoms with Gasteiger partial charge < -0.3 is 15.6 Å². The van der Waals surface area contributed by atoms with E-state index in [2.05, 4.69) is 12.7 Å². The van der Waals surface area contributed by atoms with Gasteiger partial charge in [0.1, 0.15) is 0 Å². The molecule has 3 N–H and O–H groups in total. The van der Waals surface area contributed by atoms with Crippen molar-refractivity contribution < 1.29 is 19.4 Å². The SMILES string of the molecule is CCCCCCCCCCCCOC(C)=O.NCC(=O)O. The summed E-state index contributed by atoms with van der Waals surface area (Å²) in [6, 6.07) is 0. The maximum atomic E-state index is 10.5. The Morgan fingerprint density at radius 2 is 1.29 bits per heavy atom. The largest absolute Gasteiger partial charge is 0.480 e. The second-order valence-corrected chi connectivity index (χ2v) is 5.12. The lowest BCUT2D eigenvalue weighted by Gasteiger charge is -2.02. The molecule has 0 unspecified atom stereocenters. The van der Waals surface area contributed by atoms with Crippen LogP contribution >= 0.6 is 0 Å². The monoisotopic (exact) mass is 303 g/mol. The van der Waals surface area contributed by atoms with Gasteiger partial charge in [0.15, 0.2) is 0 Å². The van der Waals surface area contributed by atoms with E-state index in [9.17, 15) is 9.59 Å². The molecule has 5 nitrogen and oxygen atoms in total. The Labute approximate surface area is 129 Å². The van der Waals surface area contributed by atoms with E-state index in [0.29, 0.717) is 6.61 Å². The lowest BCUT2D eigenvalue weighted by atomic mass is 10.1. The summed E-state index contributed by atoms with van der Waals surface area (Å²) in [5, 5.41) is 7.60. The number of carboxylic acid groups (broad SMARTS) is 1. The summed E-state index contributed by atoms with van der Waals surface area (Å²) < 4.78 is 4.87. The number of aliphatic carboxylic acids is 1. The van der Waals surface area contributed by atoms with Gasteiger partial charge in [-0.1, -0.05) is 64.7 Å². The lowest BCUT2D eigenvalue weighted by molar-refractivity contribution is -0.141. The molecule has 126 valence electrons. The summed E-state index contributed by atoms with van der Waals surface area (Å²) in [6.45, 7) is 4.05. The predicted molar refractivity (Wildman–Crippen MR) is 85.2 cm³/mol. The third kappa shape index (κ3) is 27.9. The van der Waals surface area contributed by atoms with Crippen LogP contribution in [0.1, 0.15) is 78.1 Å². The molecule has 0 amide bonds. The predicted octanol–water partition coefficient (Wildman–Crippen LogP) is 3.50. The maximum Gasteiger partial charge on any atom is 0.317 e. The lowest BCUT2D eigenvalue weighted by Crippen LogP contribution is -2.10. The molecule has 21 heavy (non-hydrogen) atoms. The molecule has 0 aliphatic carbocycles. The Morgan fingerprint density at radius 3 is 1.62 bits per heavy atom. The molecule has 0 saturated carbocycles. The van der Waals surface area contributed by atoms with E-state index in [1.165, 1.54) is 64.7 Å². The Bertz CT molecular complexity index is 244. The number of carboxylic acids is 1. The average Bonchev–Trinajstić information content (AvgIpc) is 2.45. The molecule has 0 aliphatic heterocycles. The van der Waals surface area contributed by atoms with Crippen LogP contribution in [0.3, 0.4) is 0 Å². The first-order valence-corrected chi connectivity index (χ1v) is 8.09. The number of unbranched alkanes of at least 4 members (excludes halogenated alkanes) is 9. The van der Waals surface area contributed by atoms with Crippen LogP contribution in [-0.2, 0) is 14.3 Å². The Kier molecular flexibility index (Phi) is 20.0. The molecular weight excluding hydrogens is 270 g/mol. The van der Waals surface area contributed by atoms with Crippen LogP contribution in [0.4, 0.5) is 0 Å². The third-order valence-corrected chi connectivity index (χ3v) is 2.98. The van der Waals surface area contributed by atoms with Gasteiger partial charge in [0.05, 0.1) is 13.2 Å². The molecule has 0 heterocycles. The van der Waals surface area contributed by atoms with E-state index < -0.39 is 5.97 Å². The number of hydrogen-bond donors (Lipinski definition) is 2. The van der Waals surface area contributed by atoms with E-state index in [1.54, 1.807) is 0 Å². The Hall–Kier alpha value is -1.10. The fourth-order valence-electron chi connectivity index (χ4n) is 1.81. The number of carbonyl (C=O) groups is 2. The van der Waals surface area contributed by atoms with Gasteiger partial charge >= 0.3 is 11.9 Å². The van der Waals surface area contributed by atoms with Crippen molar-refractivity contribution in [2.24, 2.45) is 5.73 Å². The van der Waals surface area contributed by atoms with Crippen molar-refractivity contribution in [1.29, 1.82) is 0 Å². The van der Waals surface area contributed by atoms with E-state index in [1.807, 2.05) is 0 Å². The second kappa shape index (κ2) is 18.9. The zero-order valence-corrected chi connectivity index (χ0v) is 13.7. The molecule has 0 spiro atoms. The molecule has 0 aromatic carbocycles. The standard InChI is InChI=1S/C14H28O2.C2H5NO2/c1-3-4-5-6-7-8-9-10-11-12-13-16-14(2)15;3-1-2(4)5/h3-13H2,1-2H3;1,3H2,(H,4,5). The van der Waals surface area contributed by atoms with Crippen molar-refractivity contribution in [2.75, 3.05) is 13.2 Å². The molecule has 0 aromatic rings. The van der Waals surface area contributed by atoms with E-state index >= 15 is 0 Å². The van der Waals surface area contributed by atoms with Gasteiger partial charge in [-0.15, -0.1) is 0 Å². The fraction of sp³-hybridized carbons (Fsp3) is 0.875. The first-order valence-electron chi connectivity index (χ1n) is 8.09. The molecule has 0 fully saturated rings. The highest BCUT2D eigenvalue weighted by atomic mass is 16.5. The average molecular weight is 303 g/mol. The molecule has 0 saturated heterocycles. The summed E-state index contributed by atoms with van der Waals surface area (Å²) in [7, 11) is 0. The topological polar surface area (TPSA) is 89.6 Å². The molecular formula is C16H33NO4. The fourth-order valence-corrected chi connectivity index (χ4v) is 1.81. The second-order valence-electron chi connectivity index (χ2n) is 5.12. The van der Waals surface area contributed by atoms with Crippen molar-refractivity contribution >= 4 is 11.9 Å². The van der Waals surface area contributed by atoms with Crippen LogP contribution in [0.25, 0.3) is 0 Å². The summed E-state index contributed by atoms with van der Waals surface area (Å²) >= 11 is 0.